The predicted octanol–water partition coefficient (Wildman–Crippen LogP) is 5.47. The number of carbonyl (C=O) groups excluding carboxylic acids is 1. The molecule has 10 heteroatoms. The Balaban J connectivity index is 1.46. The van der Waals surface area contributed by atoms with Crippen molar-refractivity contribution in [3.05, 3.63) is 89.4 Å². The van der Waals surface area contributed by atoms with Crippen LogP contribution in [0.4, 0.5) is 24.5 Å². The number of rotatable bonds is 9. The molecular weight excluding hydrogens is 485 g/mol. The Bertz CT molecular complexity index is 1320. The van der Waals surface area contributed by atoms with Gasteiger partial charge in [0.05, 0.1) is 25.2 Å². The number of nitrogens with zero attached hydrogens (tertiary/aromatic N) is 1. The summed E-state index contributed by atoms with van der Waals surface area (Å²) < 4.78 is 49.9. The van der Waals surface area contributed by atoms with Crippen LogP contribution in [0.15, 0.2) is 67.1 Å². The molecule has 1 amide bonds. The van der Waals surface area contributed by atoms with E-state index in [1.807, 2.05) is 6.92 Å². The molecule has 1 aliphatic rings. The first kappa shape index (κ1) is 25.9. The van der Waals surface area contributed by atoms with Gasteiger partial charge in [-0.15, -0.1) is 0 Å². The van der Waals surface area contributed by atoms with Crippen LogP contribution in [0.3, 0.4) is 0 Å². The van der Waals surface area contributed by atoms with Gasteiger partial charge in [-0.1, -0.05) is 24.3 Å². The van der Waals surface area contributed by atoms with Crippen molar-refractivity contribution in [3.63, 3.8) is 0 Å². The molecule has 0 unspecified atom stereocenters. The number of halogens is 3. The fraction of sp³-hybridized carbons (Fsp3) is 0.222. The molecule has 192 valence electrons. The van der Waals surface area contributed by atoms with Gasteiger partial charge in [0.1, 0.15) is 11.9 Å². The second kappa shape index (κ2) is 11.3. The van der Waals surface area contributed by atoms with E-state index in [2.05, 4.69) is 15.6 Å². The Labute approximate surface area is 211 Å². The molecule has 0 aliphatic carbocycles. The second-order valence-corrected chi connectivity index (χ2v) is 8.49. The predicted molar refractivity (Wildman–Crippen MR) is 135 cm³/mol. The molecule has 1 saturated heterocycles. The number of amides is 1. The van der Waals surface area contributed by atoms with Gasteiger partial charge in [-0.3, -0.25) is 9.78 Å². The number of nitrogens with one attached hydrogen (secondary N) is 3. The maximum atomic E-state index is 13.0. The molecular formula is C27H25F3N4O3. The zero-order valence-corrected chi connectivity index (χ0v) is 19.9. The molecule has 2 heterocycles. The van der Waals surface area contributed by atoms with E-state index in [1.54, 1.807) is 42.9 Å². The van der Waals surface area contributed by atoms with E-state index < -0.39 is 17.6 Å². The number of aryl methyl sites for hydroxylation is 1. The molecule has 1 fully saturated rings. The molecule has 0 saturated carbocycles. The van der Waals surface area contributed by atoms with Gasteiger partial charge in [-0.2, -0.15) is 13.2 Å². The lowest BCUT2D eigenvalue weighted by atomic mass is 10.1. The summed E-state index contributed by atoms with van der Waals surface area (Å²) in [6.45, 7) is 2.90. The van der Waals surface area contributed by atoms with Crippen molar-refractivity contribution < 1.29 is 27.4 Å². The van der Waals surface area contributed by atoms with Gasteiger partial charge >= 0.3 is 6.18 Å². The molecule has 3 aromatic rings. The first-order valence-electron chi connectivity index (χ1n) is 11.5. The van der Waals surface area contributed by atoms with Crippen molar-refractivity contribution in [1.82, 2.24) is 4.98 Å². The van der Waals surface area contributed by atoms with Crippen molar-refractivity contribution >= 4 is 29.1 Å². The van der Waals surface area contributed by atoms with Crippen molar-refractivity contribution in [2.24, 2.45) is 0 Å². The van der Waals surface area contributed by atoms with Crippen LogP contribution >= 0.6 is 0 Å². The maximum Gasteiger partial charge on any atom is 0.416 e. The molecule has 0 radical (unpaired) electrons. The number of carbonyl (C=O) groups is 1. The van der Waals surface area contributed by atoms with Crippen LogP contribution in [0.1, 0.15) is 22.3 Å². The fourth-order valence-corrected chi connectivity index (χ4v) is 3.62. The van der Waals surface area contributed by atoms with Gasteiger partial charge in [-0.25, -0.2) is 0 Å². The molecule has 0 spiro atoms. The number of pyridine rings is 1. The van der Waals surface area contributed by atoms with Gasteiger partial charge in [0, 0.05) is 47.3 Å². The number of allylic oxidation sites excluding steroid dienone is 1. The summed E-state index contributed by atoms with van der Waals surface area (Å²) in [7, 11) is 0. The third-order valence-corrected chi connectivity index (χ3v) is 5.67. The number of anilines is 2. The highest BCUT2D eigenvalue weighted by Gasteiger charge is 2.30. The maximum absolute atomic E-state index is 13.0. The number of alkyl halides is 3. The smallest absolute Gasteiger partial charge is 0.416 e. The lowest BCUT2D eigenvalue weighted by molar-refractivity contribution is -0.137. The summed E-state index contributed by atoms with van der Waals surface area (Å²) in [6.07, 6.45) is 1.34. The topological polar surface area (TPSA) is 96.3 Å². The minimum Gasteiger partial charge on any atom is -0.485 e. The van der Waals surface area contributed by atoms with E-state index in [1.165, 1.54) is 18.3 Å². The lowest BCUT2D eigenvalue weighted by Gasteiger charge is -2.27. The molecule has 0 bridgehead atoms. The van der Waals surface area contributed by atoms with Crippen LogP contribution in [0, 0.1) is 12.3 Å². The largest absolute Gasteiger partial charge is 0.485 e. The molecule has 37 heavy (non-hydrogen) atoms. The quantitative estimate of drug-likeness (QED) is 0.332. The number of hydrogen-bond acceptors (Lipinski definition) is 6. The lowest BCUT2D eigenvalue weighted by Crippen LogP contribution is -2.38. The Morgan fingerprint density at radius 2 is 2.03 bits per heavy atom. The highest BCUT2D eigenvalue weighted by molar-refractivity contribution is 6.09. The van der Waals surface area contributed by atoms with Crippen molar-refractivity contribution in [1.29, 1.82) is 5.41 Å². The van der Waals surface area contributed by atoms with E-state index in [-0.39, 0.29) is 18.1 Å². The van der Waals surface area contributed by atoms with E-state index in [4.69, 9.17) is 14.9 Å². The number of ether oxygens (including phenoxy) is 2. The first-order valence-corrected chi connectivity index (χ1v) is 11.5. The molecule has 3 N–H and O–H groups in total. The second-order valence-electron chi connectivity index (χ2n) is 8.49. The molecule has 2 aromatic carbocycles. The molecule has 1 aromatic heterocycles. The third kappa shape index (κ3) is 6.73. The summed E-state index contributed by atoms with van der Waals surface area (Å²) >= 11 is 0. The third-order valence-electron chi connectivity index (χ3n) is 5.67. The van der Waals surface area contributed by atoms with Gasteiger partial charge in [0.25, 0.3) is 0 Å². The molecule has 1 aliphatic heterocycles. The van der Waals surface area contributed by atoms with Crippen LogP contribution in [0.2, 0.25) is 0 Å². The summed E-state index contributed by atoms with van der Waals surface area (Å²) in [4.78, 5) is 16.7. The number of benzene rings is 2. The van der Waals surface area contributed by atoms with Crippen LogP contribution in [-0.2, 0) is 22.1 Å². The molecule has 7 nitrogen and oxygen atoms in total. The van der Waals surface area contributed by atoms with Gasteiger partial charge in [0.15, 0.2) is 0 Å². The van der Waals surface area contributed by atoms with Gasteiger partial charge < -0.3 is 25.5 Å². The average molecular weight is 511 g/mol. The SMILES string of the molecule is Cc1ccc(NC(=O)Cc2cccc(C(F)(F)F)c2)cc1N/C=C(\C=N)c1cnccc1OC1COC1. The zero-order valence-electron chi connectivity index (χ0n) is 19.9. The summed E-state index contributed by atoms with van der Waals surface area (Å²) in [5.41, 5.74) is 2.67. The summed E-state index contributed by atoms with van der Waals surface area (Å²) in [5.74, 6) is 0.147. The van der Waals surface area contributed by atoms with Crippen molar-refractivity contribution in [2.75, 3.05) is 23.8 Å². The van der Waals surface area contributed by atoms with E-state index in [9.17, 15) is 18.0 Å². The highest BCUT2D eigenvalue weighted by atomic mass is 19.4. The average Bonchev–Trinajstić information content (AvgIpc) is 2.84. The van der Waals surface area contributed by atoms with Crippen molar-refractivity contribution in [3.8, 4) is 5.75 Å². The Morgan fingerprint density at radius 1 is 1.22 bits per heavy atom. The first-order chi connectivity index (χ1) is 17.7. The molecule has 4 rings (SSSR count). The normalized spacial score (nSPS) is 14.0. The van der Waals surface area contributed by atoms with Crippen LogP contribution < -0.4 is 15.4 Å². The summed E-state index contributed by atoms with van der Waals surface area (Å²) in [5, 5.41) is 13.8. The number of aromatic nitrogens is 1. The van der Waals surface area contributed by atoms with Crippen LogP contribution in [-0.4, -0.2) is 36.4 Å². The van der Waals surface area contributed by atoms with Crippen LogP contribution in [0.25, 0.3) is 5.57 Å². The van der Waals surface area contributed by atoms with E-state index in [0.29, 0.717) is 41.5 Å². The van der Waals surface area contributed by atoms with Gasteiger partial charge in [-0.05, 0) is 42.3 Å². The van der Waals surface area contributed by atoms with E-state index >= 15 is 0 Å². The van der Waals surface area contributed by atoms with Gasteiger partial charge in [0.2, 0.25) is 5.91 Å². The van der Waals surface area contributed by atoms with Crippen molar-refractivity contribution in [2.45, 2.75) is 25.6 Å². The minimum atomic E-state index is -4.47. The Kier molecular flexibility index (Phi) is 7.88. The molecule has 0 atom stereocenters. The Morgan fingerprint density at radius 3 is 2.73 bits per heavy atom. The standard InChI is InChI=1S/C27H25F3N4O3/c1-17-5-6-21(34-26(35)10-18-3-2-4-20(9-18)27(28,29)30)11-24(17)33-13-19(12-31)23-14-32-8-7-25(23)37-22-15-36-16-22/h2-9,11-14,22,31,33H,10,15-16H2,1H3,(H,34,35)/b19-13+,31-12?. The minimum absolute atomic E-state index is 0.0421. The Hall–Kier alpha value is -4.18. The fourth-order valence-electron chi connectivity index (χ4n) is 3.62. The van der Waals surface area contributed by atoms with Crippen LogP contribution in [0.5, 0.6) is 5.75 Å². The highest BCUT2D eigenvalue weighted by Crippen LogP contribution is 2.30. The zero-order chi connectivity index (χ0) is 26.4. The number of hydrogen-bond donors (Lipinski definition) is 3. The van der Waals surface area contributed by atoms with E-state index in [0.717, 1.165) is 17.7 Å². The monoisotopic (exact) mass is 510 g/mol. The summed E-state index contributed by atoms with van der Waals surface area (Å²) in [6, 6.07) is 11.7.